The standard InChI is InChI=1S/C14H13FN2O7/c1-2-23-13(19)8-3-4-9(11(7-8)17(21)22)16-10(14(20)24-15)5-6-12(16)18/h3-4,7,10H,2,5-6H2,1H3. The second-order valence-electron chi connectivity index (χ2n) is 4.90. The van der Waals surface area contributed by atoms with E-state index >= 15 is 0 Å². The number of anilines is 1. The molecule has 24 heavy (non-hydrogen) atoms. The van der Waals surface area contributed by atoms with Gasteiger partial charge < -0.3 is 4.74 Å². The average Bonchev–Trinajstić information content (AvgIpc) is 2.95. The molecule has 0 aliphatic carbocycles. The van der Waals surface area contributed by atoms with Gasteiger partial charge in [-0.3, -0.25) is 24.8 Å². The zero-order valence-electron chi connectivity index (χ0n) is 12.6. The summed E-state index contributed by atoms with van der Waals surface area (Å²) in [5.41, 5.74) is -0.873. The van der Waals surface area contributed by atoms with Gasteiger partial charge in [-0.15, -0.1) is 0 Å². The van der Waals surface area contributed by atoms with E-state index in [9.17, 15) is 29.0 Å². The lowest BCUT2D eigenvalue weighted by Crippen LogP contribution is -2.39. The summed E-state index contributed by atoms with van der Waals surface area (Å²) in [6.45, 7) is 1.67. The van der Waals surface area contributed by atoms with Crippen LogP contribution < -0.4 is 4.90 Å². The van der Waals surface area contributed by atoms with E-state index in [0.717, 1.165) is 17.0 Å². The van der Waals surface area contributed by atoms with Crippen LogP contribution >= 0.6 is 0 Å². The number of halogens is 1. The van der Waals surface area contributed by atoms with E-state index in [1.807, 2.05) is 0 Å². The molecule has 0 bridgehead atoms. The molecule has 1 atom stereocenters. The van der Waals surface area contributed by atoms with Gasteiger partial charge >= 0.3 is 11.9 Å². The van der Waals surface area contributed by atoms with Crippen LogP contribution in [0.15, 0.2) is 18.2 Å². The van der Waals surface area contributed by atoms with E-state index in [1.54, 1.807) is 6.92 Å². The third kappa shape index (κ3) is 3.16. The van der Waals surface area contributed by atoms with Crippen molar-refractivity contribution in [3.8, 4) is 0 Å². The summed E-state index contributed by atoms with van der Waals surface area (Å²) in [5, 5.41) is 11.3. The predicted octanol–water partition coefficient (Wildman–Crippen LogP) is 1.69. The zero-order chi connectivity index (χ0) is 17.9. The normalized spacial score (nSPS) is 16.8. The van der Waals surface area contributed by atoms with Gasteiger partial charge in [0.05, 0.1) is 17.1 Å². The number of hydrogen-bond acceptors (Lipinski definition) is 7. The van der Waals surface area contributed by atoms with Gasteiger partial charge in [-0.2, -0.15) is 0 Å². The van der Waals surface area contributed by atoms with Gasteiger partial charge in [0, 0.05) is 17.0 Å². The van der Waals surface area contributed by atoms with Gasteiger partial charge in [-0.1, -0.05) is 0 Å². The fraction of sp³-hybridized carbons (Fsp3) is 0.357. The van der Waals surface area contributed by atoms with Gasteiger partial charge in [0.15, 0.2) is 0 Å². The third-order valence-corrected chi connectivity index (χ3v) is 3.50. The lowest BCUT2D eigenvalue weighted by Gasteiger charge is -2.21. The molecular formula is C14H13FN2O7. The SMILES string of the molecule is CCOC(=O)c1ccc(N2C(=O)CCC2C(=O)OF)c([N+](=O)[O-])c1. The molecule has 0 spiro atoms. The average molecular weight is 340 g/mol. The van der Waals surface area contributed by atoms with Gasteiger partial charge in [-0.05, 0) is 25.5 Å². The molecule has 0 radical (unpaired) electrons. The predicted molar refractivity (Wildman–Crippen MR) is 76.8 cm³/mol. The molecule has 10 heteroatoms. The minimum atomic E-state index is -1.32. The summed E-state index contributed by atoms with van der Waals surface area (Å²) in [6, 6.07) is 2.02. The van der Waals surface area contributed by atoms with Crippen molar-refractivity contribution in [2.45, 2.75) is 25.8 Å². The van der Waals surface area contributed by atoms with Crippen molar-refractivity contribution in [2.24, 2.45) is 0 Å². The van der Waals surface area contributed by atoms with Gasteiger partial charge in [0.1, 0.15) is 11.7 Å². The van der Waals surface area contributed by atoms with Crippen molar-refractivity contribution in [3.05, 3.63) is 33.9 Å². The topological polar surface area (TPSA) is 116 Å². The molecule has 1 saturated heterocycles. The van der Waals surface area contributed by atoms with E-state index in [0.29, 0.717) is 0 Å². The third-order valence-electron chi connectivity index (χ3n) is 3.50. The van der Waals surface area contributed by atoms with Crippen LogP contribution in [0.4, 0.5) is 15.9 Å². The Labute approximate surface area is 135 Å². The fourth-order valence-corrected chi connectivity index (χ4v) is 2.48. The van der Waals surface area contributed by atoms with Crippen LogP contribution in [0.3, 0.4) is 0 Å². The van der Waals surface area contributed by atoms with Crippen molar-refractivity contribution >= 4 is 29.2 Å². The highest BCUT2D eigenvalue weighted by Crippen LogP contribution is 2.35. The van der Waals surface area contributed by atoms with Gasteiger partial charge in [0.2, 0.25) is 5.91 Å². The number of carbonyl (C=O) groups is 3. The molecule has 0 aromatic heterocycles. The second kappa shape index (κ2) is 7.02. The van der Waals surface area contributed by atoms with Crippen molar-refractivity contribution in [3.63, 3.8) is 0 Å². The van der Waals surface area contributed by atoms with Crippen LogP contribution in [0.2, 0.25) is 0 Å². The van der Waals surface area contributed by atoms with Crippen molar-refractivity contribution in [1.82, 2.24) is 0 Å². The maximum absolute atomic E-state index is 12.2. The quantitative estimate of drug-likeness (QED) is 0.455. The number of nitrogens with zero attached hydrogens (tertiary/aromatic N) is 2. The minimum Gasteiger partial charge on any atom is -0.462 e. The highest BCUT2D eigenvalue weighted by molar-refractivity contribution is 6.04. The summed E-state index contributed by atoms with van der Waals surface area (Å²) in [6.07, 6.45) is -0.116. The van der Waals surface area contributed by atoms with Gasteiger partial charge in [-0.25, -0.2) is 9.59 Å². The maximum Gasteiger partial charge on any atom is 0.371 e. The summed E-state index contributed by atoms with van der Waals surface area (Å²) >= 11 is 0. The lowest BCUT2D eigenvalue weighted by atomic mass is 10.1. The van der Waals surface area contributed by atoms with Crippen LogP contribution in [0.25, 0.3) is 0 Å². The first-order chi connectivity index (χ1) is 11.4. The van der Waals surface area contributed by atoms with Crippen LogP contribution in [-0.2, 0) is 19.3 Å². The molecule has 1 fully saturated rings. The van der Waals surface area contributed by atoms with E-state index in [1.165, 1.54) is 6.07 Å². The van der Waals surface area contributed by atoms with E-state index in [2.05, 4.69) is 4.94 Å². The number of amides is 1. The number of esters is 1. The Morgan fingerprint density at radius 2 is 2.17 bits per heavy atom. The van der Waals surface area contributed by atoms with Crippen LogP contribution in [-0.4, -0.2) is 35.4 Å². The van der Waals surface area contributed by atoms with Crippen LogP contribution in [0.5, 0.6) is 0 Å². The Balaban J connectivity index is 2.48. The number of carbonyl (C=O) groups excluding carboxylic acids is 3. The van der Waals surface area contributed by atoms with Crippen molar-refractivity contribution < 1.29 is 33.5 Å². The molecule has 0 saturated carbocycles. The second-order valence-corrected chi connectivity index (χ2v) is 4.90. The fourth-order valence-electron chi connectivity index (χ4n) is 2.48. The zero-order valence-corrected chi connectivity index (χ0v) is 12.6. The van der Waals surface area contributed by atoms with Crippen LogP contribution in [0, 0.1) is 10.1 Å². The van der Waals surface area contributed by atoms with E-state index in [4.69, 9.17) is 4.74 Å². The molecular weight excluding hydrogens is 327 g/mol. The summed E-state index contributed by atoms with van der Waals surface area (Å²) < 4.78 is 16.9. The Morgan fingerprint density at radius 3 is 2.75 bits per heavy atom. The first-order valence-electron chi connectivity index (χ1n) is 7.00. The maximum atomic E-state index is 12.2. The molecule has 1 heterocycles. The number of nitro benzene ring substituents is 1. The first-order valence-corrected chi connectivity index (χ1v) is 7.00. The molecule has 1 amide bonds. The summed E-state index contributed by atoms with van der Waals surface area (Å²) in [7, 11) is 0. The smallest absolute Gasteiger partial charge is 0.371 e. The molecule has 9 nitrogen and oxygen atoms in total. The Hall–Kier alpha value is -3.04. The Kier molecular flexibility index (Phi) is 5.07. The number of ether oxygens (including phenoxy) is 1. The Morgan fingerprint density at radius 1 is 1.46 bits per heavy atom. The molecule has 0 N–H and O–H groups in total. The van der Waals surface area contributed by atoms with Gasteiger partial charge in [0.25, 0.3) is 5.69 Å². The molecule has 1 aromatic carbocycles. The lowest BCUT2D eigenvalue weighted by molar-refractivity contribution is -0.384. The molecule has 1 aliphatic rings. The largest absolute Gasteiger partial charge is 0.462 e. The minimum absolute atomic E-state index is 0.0294. The number of rotatable bonds is 5. The number of hydrogen-bond donors (Lipinski definition) is 0. The van der Waals surface area contributed by atoms with Crippen molar-refractivity contribution in [2.75, 3.05) is 11.5 Å². The summed E-state index contributed by atoms with van der Waals surface area (Å²) in [4.78, 5) is 49.6. The molecule has 1 unspecified atom stereocenters. The highest BCUT2D eigenvalue weighted by atomic mass is 19.3. The highest BCUT2D eigenvalue weighted by Gasteiger charge is 2.41. The molecule has 1 aliphatic heterocycles. The summed E-state index contributed by atoms with van der Waals surface area (Å²) in [5.74, 6) is -2.67. The monoisotopic (exact) mass is 340 g/mol. The van der Waals surface area contributed by atoms with Crippen LogP contribution in [0.1, 0.15) is 30.1 Å². The van der Waals surface area contributed by atoms with E-state index < -0.39 is 34.5 Å². The Bertz CT molecular complexity index is 706. The number of nitro groups is 1. The molecule has 2 rings (SSSR count). The first kappa shape index (κ1) is 17.3. The molecule has 128 valence electrons. The van der Waals surface area contributed by atoms with E-state index in [-0.39, 0.29) is 30.7 Å². The van der Waals surface area contributed by atoms with Crippen molar-refractivity contribution in [1.29, 1.82) is 0 Å². The molecule has 1 aromatic rings. The number of benzene rings is 1.